The molecular weight excluding hydrogens is 216 g/mol. The molecule has 0 unspecified atom stereocenters. The number of rotatable bonds is 3. The Kier molecular flexibility index (Phi) is 3.62. The van der Waals surface area contributed by atoms with E-state index in [0.29, 0.717) is 0 Å². The highest BCUT2D eigenvalue weighted by Gasteiger charge is 2.37. The monoisotopic (exact) mass is 232 g/mol. The molecule has 0 aliphatic carbocycles. The van der Waals surface area contributed by atoms with Crippen molar-refractivity contribution >= 4 is 22.9 Å². The molecule has 0 saturated carbocycles. The van der Waals surface area contributed by atoms with Gasteiger partial charge < -0.3 is 5.11 Å². The zero-order chi connectivity index (χ0) is 10.9. The summed E-state index contributed by atoms with van der Waals surface area (Å²) in [4.78, 5) is 0.965. The number of aliphatic hydroxyl groups is 1. The highest BCUT2D eigenvalue weighted by molar-refractivity contribution is 7.16. The molecule has 1 heterocycles. The van der Waals surface area contributed by atoms with Crippen LogP contribution in [0.3, 0.4) is 0 Å². The molecule has 0 bridgehead atoms. The summed E-state index contributed by atoms with van der Waals surface area (Å²) in [6, 6.07) is 3.77. The predicted molar refractivity (Wildman–Crippen MR) is 62.9 cm³/mol. The minimum absolute atomic E-state index is 0.192. The van der Waals surface area contributed by atoms with Crippen molar-refractivity contribution in [3.63, 3.8) is 0 Å². The maximum absolute atomic E-state index is 10.6. The van der Waals surface area contributed by atoms with Crippen molar-refractivity contribution < 1.29 is 5.11 Å². The Morgan fingerprint density at radius 3 is 2.00 bits per heavy atom. The molecule has 0 aliphatic heterocycles. The van der Waals surface area contributed by atoms with Crippen LogP contribution in [0.5, 0.6) is 0 Å². The first kappa shape index (κ1) is 12.0. The van der Waals surface area contributed by atoms with Gasteiger partial charge in [0.25, 0.3) is 0 Å². The van der Waals surface area contributed by atoms with E-state index < -0.39 is 5.60 Å². The molecule has 0 aliphatic rings. The van der Waals surface area contributed by atoms with Crippen molar-refractivity contribution in [2.45, 2.75) is 33.3 Å². The lowest BCUT2D eigenvalue weighted by molar-refractivity contribution is -0.0498. The second kappa shape index (κ2) is 4.21. The highest BCUT2D eigenvalue weighted by Crippen LogP contribution is 2.41. The first-order valence-electron chi connectivity index (χ1n) is 4.87. The van der Waals surface area contributed by atoms with Crippen LogP contribution >= 0.6 is 22.9 Å². The van der Waals surface area contributed by atoms with E-state index in [0.717, 1.165) is 9.21 Å². The standard InChI is InChI=1S/C11H17ClOS/c1-7(2)11(13,8(3)4)9-5-6-10(12)14-9/h5-8,13H,1-4H3. The van der Waals surface area contributed by atoms with Crippen molar-refractivity contribution in [2.24, 2.45) is 11.8 Å². The van der Waals surface area contributed by atoms with E-state index in [1.165, 1.54) is 11.3 Å². The number of thiophene rings is 1. The lowest BCUT2D eigenvalue weighted by Gasteiger charge is -2.35. The lowest BCUT2D eigenvalue weighted by atomic mass is 9.79. The molecular formula is C11H17ClOS. The van der Waals surface area contributed by atoms with Crippen molar-refractivity contribution in [3.05, 3.63) is 21.3 Å². The molecule has 0 amide bonds. The molecule has 1 rings (SSSR count). The van der Waals surface area contributed by atoms with E-state index in [2.05, 4.69) is 0 Å². The fourth-order valence-electron chi connectivity index (χ4n) is 1.77. The van der Waals surface area contributed by atoms with Gasteiger partial charge in [0.05, 0.1) is 4.34 Å². The van der Waals surface area contributed by atoms with Gasteiger partial charge in [-0.05, 0) is 24.0 Å². The number of halogens is 1. The average molecular weight is 233 g/mol. The minimum Gasteiger partial charge on any atom is -0.384 e. The summed E-state index contributed by atoms with van der Waals surface area (Å²) in [5.41, 5.74) is -0.752. The Bertz CT molecular complexity index is 296. The van der Waals surface area contributed by atoms with Gasteiger partial charge in [-0.3, -0.25) is 0 Å². The maximum Gasteiger partial charge on any atom is 0.103 e. The fourth-order valence-corrected chi connectivity index (χ4v) is 3.19. The summed E-state index contributed by atoms with van der Waals surface area (Å²) in [7, 11) is 0. The topological polar surface area (TPSA) is 20.2 Å². The van der Waals surface area contributed by atoms with Crippen LogP contribution < -0.4 is 0 Å². The van der Waals surface area contributed by atoms with E-state index in [4.69, 9.17) is 11.6 Å². The van der Waals surface area contributed by atoms with Crippen molar-refractivity contribution in [2.75, 3.05) is 0 Å². The molecule has 0 saturated heterocycles. The van der Waals surface area contributed by atoms with Gasteiger partial charge in [-0.2, -0.15) is 0 Å². The molecule has 14 heavy (non-hydrogen) atoms. The number of hydrogen-bond donors (Lipinski definition) is 1. The van der Waals surface area contributed by atoms with Gasteiger partial charge in [-0.25, -0.2) is 0 Å². The van der Waals surface area contributed by atoms with E-state index >= 15 is 0 Å². The Labute approximate surface area is 94.7 Å². The van der Waals surface area contributed by atoms with Gasteiger partial charge in [-0.15, -0.1) is 11.3 Å². The SMILES string of the molecule is CC(C)C(O)(c1ccc(Cl)s1)C(C)C. The molecule has 0 spiro atoms. The third-order valence-corrected chi connectivity index (χ3v) is 4.10. The van der Waals surface area contributed by atoms with E-state index in [1.54, 1.807) is 0 Å². The molecule has 1 aromatic rings. The van der Waals surface area contributed by atoms with Crippen LogP contribution in [0.15, 0.2) is 12.1 Å². The summed E-state index contributed by atoms with van der Waals surface area (Å²) in [6.07, 6.45) is 0. The van der Waals surface area contributed by atoms with Crippen LogP contribution in [0.1, 0.15) is 32.6 Å². The molecule has 0 atom stereocenters. The van der Waals surface area contributed by atoms with Gasteiger partial charge in [0, 0.05) is 4.88 Å². The van der Waals surface area contributed by atoms with Crippen LogP contribution in [-0.2, 0) is 5.60 Å². The average Bonchev–Trinajstić information content (AvgIpc) is 2.49. The zero-order valence-corrected chi connectivity index (χ0v) is 10.6. The summed E-state index contributed by atoms with van der Waals surface area (Å²) in [6.45, 7) is 8.14. The second-order valence-corrected chi connectivity index (χ2v) is 5.95. The van der Waals surface area contributed by atoms with Crippen LogP contribution in [0.4, 0.5) is 0 Å². The summed E-state index contributed by atoms with van der Waals surface area (Å²) < 4.78 is 0.736. The molecule has 1 N–H and O–H groups in total. The van der Waals surface area contributed by atoms with Crippen LogP contribution in [0.25, 0.3) is 0 Å². The Morgan fingerprint density at radius 2 is 1.71 bits per heavy atom. The Hall–Kier alpha value is -0.0500. The van der Waals surface area contributed by atoms with Gasteiger partial charge in [0.2, 0.25) is 0 Å². The highest BCUT2D eigenvalue weighted by atomic mass is 35.5. The number of hydrogen-bond acceptors (Lipinski definition) is 2. The molecule has 0 radical (unpaired) electrons. The van der Waals surface area contributed by atoms with Crippen LogP contribution in [0.2, 0.25) is 4.34 Å². The smallest absolute Gasteiger partial charge is 0.103 e. The Balaban J connectivity index is 3.12. The zero-order valence-electron chi connectivity index (χ0n) is 9.04. The molecule has 80 valence electrons. The molecule has 0 aromatic carbocycles. The van der Waals surface area contributed by atoms with Crippen LogP contribution in [-0.4, -0.2) is 5.11 Å². The van der Waals surface area contributed by atoms with Crippen molar-refractivity contribution in [1.82, 2.24) is 0 Å². The van der Waals surface area contributed by atoms with Crippen molar-refractivity contribution in [1.29, 1.82) is 0 Å². The molecule has 3 heteroatoms. The van der Waals surface area contributed by atoms with Crippen molar-refractivity contribution in [3.8, 4) is 0 Å². The largest absolute Gasteiger partial charge is 0.384 e. The van der Waals surface area contributed by atoms with Gasteiger partial charge >= 0.3 is 0 Å². The Morgan fingerprint density at radius 1 is 1.21 bits per heavy atom. The summed E-state index contributed by atoms with van der Waals surface area (Å²) in [5, 5.41) is 10.6. The normalized spacial score (nSPS) is 12.9. The first-order chi connectivity index (χ1) is 6.39. The van der Waals surface area contributed by atoms with E-state index in [9.17, 15) is 5.11 Å². The fraction of sp³-hybridized carbons (Fsp3) is 0.636. The molecule has 1 nitrogen and oxygen atoms in total. The van der Waals surface area contributed by atoms with E-state index in [1.807, 2.05) is 39.8 Å². The van der Waals surface area contributed by atoms with Crippen LogP contribution in [0, 0.1) is 11.8 Å². The molecule has 1 aromatic heterocycles. The second-order valence-electron chi connectivity index (χ2n) is 4.24. The summed E-state index contributed by atoms with van der Waals surface area (Å²) in [5.74, 6) is 0.384. The van der Waals surface area contributed by atoms with Gasteiger partial charge in [-0.1, -0.05) is 39.3 Å². The summed E-state index contributed by atoms with van der Waals surface area (Å²) >= 11 is 7.35. The lowest BCUT2D eigenvalue weighted by Crippen LogP contribution is -2.36. The molecule has 0 fully saturated rings. The van der Waals surface area contributed by atoms with Gasteiger partial charge in [0.1, 0.15) is 5.60 Å². The van der Waals surface area contributed by atoms with E-state index in [-0.39, 0.29) is 11.8 Å². The maximum atomic E-state index is 10.6. The minimum atomic E-state index is -0.752. The third kappa shape index (κ3) is 1.97. The quantitative estimate of drug-likeness (QED) is 0.838. The van der Waals surface area contributed by atoms with Gasteiger partial charge in [0.15, 0.2) is 0 Å². The first-order valence-corrected chi connectivity index (χ1v) is 6.06. The predicted octanol–water partition coefficient (Wildman–Crippen LogP) is 3.90. The third-order valence-electron chi connectivity index (χ3n) is 2.73.